The summed E-state index contributed by atoms with van der Waals surface area (Å²) in [6.45, 7) is 7.76. The van der Waals surface area contributed by atoms with Gasteiger partial charge in [-0.25, -0.2) is 0 Å². The minimum atomic E-state index is -0.357. The van der Waals surface area contributed by atoms with Gasteiger partial charge >= 0.3 is 0 Å². The Labute approximate surface area is 224 Å². The highest BCUT2D eigenvalue weighted by atomic mass is 16.5. The number of hydrogen-bond donors (Lipinski definition) is 1. The van der Waals surface area contributed by atoms with Gasteiger partial charge in [0, 0.05) is 43.1 Å². The number of fused-ring (bicyclic) bond motifs is 1. The number of benzene rings is 1. The summed E-state index contributed by atoms with van der Waals surface area (Å²) in [4.78, 5) is 26.3. The van der Waals surface area contributed by atoms with Gasteiger partial charge in [0.05, 0.1) is 23.2 Å². The van der Waals surface area contributed by atoms with Gasteiger partial charge in [0.25, 0.3) is 11.5 Å². The Hall–Kier alpha value is -3.13. The Bertz CT molecular complexity index is 1320. The number of carbonyl (C=O) groups is 1. The molecule has 0 aliphatic heterocycles. The van der Waals surface area contributed by atoms with Gasteiger partial charge < -0.3 is 19.4 Å². The van der Waals surface area contributed by atoms with Gasteiger partial charge in [0.1, 0.15) is 11.4 Å². The maximum atomic E-state index is 13.4. The molecule has 3 aromatic rings. The van der Waals surface area contributed by atoms with Gasteiger partial charge in [-0.05, 0) is 82.9 Å². The first-order valence-electron chi connectivity index (χ1n) is 14.2. The average Bonchev–Trinajstić information content (AvgIpc) is 3.66. The quantitative estimate of drug-likeness (QED) is 0.308. The highest BCUT2D eigenvalue weighted by molar-refractivity contribution is 6.08. The van der Waals surface area contributed by atoms with E-state index in [1.54, 1.807) is 22.9 Å². The van der Waals surface area contributed by atoms with E-state index >= 15 is 0 Å². The number of rotatable bonds is 11. The maximum Gasteiger partial charge on any atom is 0.274 e. The molecule has 1 N–H and O–H groups in total. The molecule has 204 valence electrons. The standard InChI is InChI=1S/C30H40N4O4/c1-4-5-15-37-19-21-8-10-24(11-9-21)34-18-22-16-25(28(38-20(2)3)17-27(22)32-34)29(35)31-26-7-6-14-33(30(26)36)23-12-13-23/h6-7,14,16-18,20-21,23-24H,4-5,8-13,15,19H2,1-3H3,(H,31,35). The van der Waals surface area contributed by atoms with Crippen molar-refractivity contribution in [3.8, 4) is 5.75 Å². The van der Waals surface area contributed by atoms with Crippen LogP contribution in [-0.4, -0.2) is 39.6 Å². The largest absolute Gasteiger partial charge is 0.490 e. The van der Waals surface area contributed by atoms with Crippen molar-refractivity contribution in [1.29, 1.82) is 0 Å². The molecular weight excluding hydrogens is 480 g/mol. The minimum Gasteiger partial charge on any atom is -0.490 e. The third-order valence-electron chi connectivity index (χ3n) is 7.58. The first-order chi connectivity index (χ1) is 18.4. The molecule has 2 fully saturated rings. The Morgan fingerprint density at radius 3 is 2.61 bits per heavy atom. The van der Waals surface area contributed by atoms with Gasteiger partial charge in [-0.2, -0.15) is 5.10 Å². The molecule has 0 saturated heterocycles. The maximum absolute atomic E-state index is 13.4. The Kier molecular flexibility index (Phi) is 8.17. The number of aromatic nitrogens is 3. The highest BCUT2D eigenvalue weighted by Gasteiger charge is 2.26. The lowest BCUT2D eigenvalue weighted by Crippen LogP contribution is -2.25. The zero-order valence-corrected chi connectivity index (χ0v) is 22.8. The second-order valence-electron chi connectivity index (χ2n) is 11.1. The number of nitrogens with zero attached hydrogens (tertiary/aromatic N) is 3. The molecule has 5 rings (SSSR count). The van der Waals surface area contributed by atoms with Crippen LogP contribution in [0.1, 0.15) is 94.6 Å². The van der Waals surface area contributed by atoms with Crippen LogP contribution in [0.25, 0.3) is 10.9 Å². The number of nitrogens with one attached hydrogen (secondary N) is 1. The van der Waals surface area contributed by atoms with E-state index in [1.807, 2.05) is 32.2 Å². The summed E-state index contributed by atoms with van der Waals surface area (Å²) in [5.74, 6) is 0.739. The monoisotopic (exact) mass is 520 g/mol. The molecular formula is C30H40N4O4. The molecule has 8 heteroatoms. The summed E-state index contributed by atoms with van der Waals surface area (Å²) in [5.41, 5.74) is 1.32. The summed E-state index contributed by atoms with van der Waals surface area (Å²) >= 11 is 0. The van der Waals surface area contributed by atoms with Crippen LogP contribution >= 0.6 is 0 Å². The lowest BCUT2D eigenvalue weighted by atomic mass is 9.86. The van der Waals surface area contributed by atoms with Crippen LogP contribution in [0.5, 0.6) is 5.75 Å². The van der Waals surface area contributed by atoms with Gasteiger partial charge in [-0.3, -0.25) is 14.3 Å². The van der Waals surface area contributed by atoms with Crippen molar-refractivity contribution >= 4 is 22.5 Å². The molecule has 2 saturated carbocycles. The molecule has 2 aliphatic carbocycles. The number of anilines is 1. The fourth-order valence-corrected chi connectivity index (χ4v) is 5.30. The first-order valence-corrected chi connectivity index (χ1v) is 14.2. The van der Waals surface area contributed by atoms with E-state index in [0.29, 0.717) is 23.3 Å². The van der Waals surface area contributed by atoms with Crippen LogP contribution in [-0.2, 0) is 4.74 Å². The summed E-state index contributed by atoms with van der Waals surface area (Å²) < 4.78 is 15.7. The normalized spacial score (nSPS) is 19.7. The predicted molar refractivity (Wildman–Crippen MR) is 149 cm³/mol. The van der Waals surface area contributed by atoms with Gasteiger partial charge in [-0.1, -0.05) is 13.3 Å². The van der Waals surface area contributed by atoms with Crippen LogP contribution in [0.3, 0.4) is 0 Å². The second-order valence-corrected chi connectivity index (χ2v) is 11.1. The summed E-state index contributed by atoms with van der Waals surface area (Å²) in [6, 6.07) is 7.73. The van der Waals surface area contributed by atoms with E-state index in [2.05, 4.69) is 16.9 Å². The molecule has 1 aromatic carbocycles. The Morgan fingerprint density at radius 2 is 1.89 bits per heavy atom. The SMILES string of the molecule is CCCCOCC1CCC(n2cc3cc(C(=O)Nc4cccn(C5CC5)c4=O)c(OC(C)C)cc3n2)CC1. The van der Waals surface area contributed by atoms with Gasteiger partial charge in [0.2, 0.25) is 0 Å². The number of hydrogen-bond acceptors (Lipinski definition) is 5. The van der Waals surface area contributed by atoms with Crippen molar-refractivity contribution in [3.05, 3.63) is 52.6 Å². The molecule has 2 heterocycles. The molecule has 1 amide bonds. The first kappa shape index (κ1) is 26.5. The number of amides is 1. The topological polar surface area (TPSA) is 87.4 Å². The fraction of sp³-hybridized carbons (Fsp3) is 0.567. The van der Waals surface area contributed by atoms with Crippen molar-refractivity contribution in [2.24, 2.45) is 5.92 Å². The lowest BCUT2D eigenvalue weighted by molar-refractivity contribution is 0.0759. The molecule has 0 unspecified atom stereocenters. The van der Waals surface area contributed by atoms with E-state index in [0.717, 1.165) is 69.1 Å². The molecule has 0 spiro atoms. The van der Waals surface area contributed by atoms with E-state index < -0.39 is 0 Å². The molecule has 2 aromatic heterocycles. The van der Waals surface area contributed by atoms with Crippen LogP contribution in [0, 0.1) is 5.92 Å². The molecule has 0 atom stereocenters. The highest BCUT2D eigenvalue weighted by Crippen LogP contribution is 2.35. The van der Waals surface area contributed by atoms with Crippen molar-refractivity contribution in [2.75, 3.05) is 18.5 Å². The van der Waals surface area contributed by atoms with E-state index in [9.17, 15) is 9.59 Å². The summed E-state index contributed by atoms with van der Waals surface area (Å²) in [6.07, 6.45) is 12.4. The predicted octanol–water partition coefficient (Wildman–Crippen LogP) is 6.12. The van der Waals surface area contributed by atoms with E-state index in [-0.39, 0.29) is 29.3 Å². The van der Waals surface area contributed by atoms with Crippen LogP contribution < -0.4 is 15.6 Å². The zero-order valence-electron chi connectivity index (χ0n) is 22.8. The van der Waals surface area contributed by atoms with Crippen molar-refractivity contribution in [1.82, 2.24) is 14.3 Å². The van der Waals surface area contributed by atoms with Crippen LogP contribution in [0.15, 0.2) is 41.5 Å². The number of carbonyl (C=O) groups excluding carboxylic acids is 1. The third kappa shape index (κ3) is 6.12. The third-order valence-corrected chi connectivity index (χ3v) is 7.58. The lowest BCUT2D eigenvalue weighted by Gasteiger charge is -2.28. The molecule has 2 aliphatic rings. The Balaban J connectivity index is 1.33. The molecule has 8 nitrogen and oxygen atoms in total. The Morgan fingerprint density at radius 1 is 1.13 bits per heavy atom. The van der Waals surface area contributed by atoms with E-state index in [4.69, 9.17) is 14.6 Å². The minimum absolute atomic E-state index is 0.111. The second kappa shape index (κ2) is 11.7. The van der Waals surface area contributed by atoms with Crippen LogP contribution in [0.2, 0.25) is 0 Å². The van der Waals surface area contributed by atoms with Crippen molar-refractivity contribution in [3.63, 3.8) is 0 Å². The number of ether oxygens (including phenoxy) is 2. The van der Waals surface area contributed by atoms with Gasteiger partial charge in [-0.15, -0.1) is 0 Å². The molecule has 38 heavy (non-hydrogen) atoms. The average molecular weight is 521 g/mol. The van der Waals surface area contributed by atoms with Crippen molar-refractivity contribution < 1.29 is 14.3 Å². The number of unbranched alkanes of at least 4 members (excludes halogenated alkanes) is 1. The van der Waals surface area contributed by atoms with Crippen LogP contribution in [0.4, 0.5) is 5.69 Å². The van der Waals surface area contributed by atoms with Crippen molar-refractivity contribution in [2.45, 2.75) is 90.3 Å². The zero-order chi connectivity index (χ0) is 26.6. The smallest absolute Gasteiger partial charge is 0.274 e. The van der Waals surface area contributed by atoms with E-state index in [1.165, 1.54) is 6.42 Å². The number of pyridine rings is 1. The fourth-order valence-electron chi connectivity index (χ4n) is 5.30. The summed E-state index contributed by atoms with van der Waals surface area (Å²) in [7, 11) is 0. The summed E-state index contributed by atoms with van der Waals surface area (Å²) in [5, 5.41) is 8.60. The van der Waals surface area contributed by atoms with Gasteiger partial charge in [0.15, 0.2) is 0 Å². The molecule has 0 bridgehead atoms. The molecule has 0 radical (unpaired) electrons.